The van der Waals surface area contributed by atoms with E-state index in [9.17, 15) is 4.79 Å². The second kappa shape index (κ2) is 9.74. The maximum atomic E-state index is 13.2. The van der Waals surface area contributed by atoms with E-state index in [0.29, 0.717) is 16.8 Å². The molecule has 1 fully saturated rings. The van der Waals surface area contributed by atoms with Gasteiger partial charge in [0.25, 0.3) is 0 Å². The van der Waals surface area contributed by atoms with Crippen LogP contribution in [0.1, 0.15) is 19.2 Å². The minimum atomic E-state index is -0.0611. The first-order valence-electron chi connectivity index (χ1n) is 11.4. The number of anilines is 1. The van der Waals surface area contributed by atoms with E-state index in [4.69, 9.17) is 28.3 Å². The summed E-state index contributed by atoms with van der Waals surface area (Å²) in [6.07, 6.45) is 1.65. The monoisotopic (exact) mass is 503 g/mol. The van der Waals surface area contributed by atoms with Crippen LogP contribution >= 0.6 is 35.0 Å². The number of hydrogen-bond donors (Lipinski definition) is 0. The molecule has 0 N–H and O–H groups in total. The zero-order valence-electron chi connectivity index (χ0n) is 18.6. The average molecular weight is 504 g/mol. The van der Waals surface area contributed by atoms with Gasteiger partial charge in [-0.05, 0) is 42.8 Å². The van der Waals surface area contributed by atoms with Gasteiger partial charge >= 0.3 is 5.69 Å². The molecule has 0 radical (unpaired) electrons. The zero-order chi connectivity index (χ0) is 22.9. The van der Waals surface area contributed by atoms with Crippen LogP contribution in [0.25, 0.3) is 5.69 Å². The second-order valence-corrected chi connectivity index (χ2v) is 11.0. The van der Waals surface area contributed by atoms with Gasteiger partial charge in [-0.1, -0.05) is 36.2 Å². The summed E-state index contributed by atoms with van der Waals surface area (Å²) < 4.78 is 3.41. The van der Waals surface area contributed by atoms with Gasteiger partial charge in [-0.2, -0.15) is 5.10 Å². The Morgan fingerprint density at radius 1 is 1.03 bits per heavy atom. The van der Waals surface area contributed by atoms with Crippen molar-refractivity contribution >= 4 is 40.7 Å². The van der Waals surface area contributed by atoms with Crippen molar-refractivity contribution in [2.45, 2.75) is 36.5 Å². The fourth-order valence-corrected chi connectivity index (χ4v) is 6.16. The molecular formula is C24H27Cl2N5OS. The smallest absolute Gasteiger partial charge is 0.350 e. The first-order valence-corrected chi connectivity index (χ1v) is 13.0. The van der Waals surface area contributed by atoms with Gasteiger partial charge in [0.05, 0.1) is 5.69 Å². The Labute approximate surface area is 208 Å². The molecule has 1 unspecified atom stereocenters. The van der Waals surface area contributed by atoms with E-state index in [0.717, 1.165) is 67.0 Å². The highest BCUT2D eigenvalue weighted by atomic mass is 35.5. The molecule has 0 spiro atoms. The summed E-state index contributed by atoms with van der Waals surface area (Å²) in [6, 6.07) is 13.8. The predicted molar refractivity (Wildman–Crippen MR) is 137 cm³/mol. The van der Waals surface area contributed by atoms with Gasteiger partial charge in [0, 0.05) is 71.6 Å². The summed E-state index contributed by atoms with van der Waals surface area (Å²) in [5, 5.41) is 6.50. The number of halogens is 2. The van der Waals surface area contributed by atoms with Gasteiger partial charge < -0.3 is 4.90 Å². The van der Waals surface area contributed by atoms with E-state index >= 15 is 0 Å². The molecule has 0 amide bonds. The van der Waals surface area contributed by atoms with Gasteiger partial charge in [-0.3, -0.25) is 4.90 Å². The lowest BCUT2D eigenvalue weighted by Crippen LogP contribution is -2.46. The minimum absolute atomic E-state index is 0.0611. The van der Waals surface area contributed by atoms with Crippen LogP contribution in [0.2, 0.25) is 10.0 Å². The van der Waals surface area contributed by atoms with E-state index in [2.05, 4.69) is 22.8 Å². The van der Waals surface area contributed by atoms with Crippen LogP contribution in [-0.2, 0) is 13.0 Å². The number of aromatic nitrogens is 3. The average Bonchev–Trinajstić information content (AvgIpc) is 3.01. The van der Waals surface area contributed by atoms with Crippen molar-refractivity contribution in [3.63, 3.8) is 0 Å². The molecule has 5 rings (SSSR count). The Morgan fingerprint density at radius 2 is 1.82 bits per heavy atom. The number of thioether (sulfide) groups is 1. The molecule has 2 aromatic carbocycles. The van der Waals surface area contributed by atoms with E-state index in [1.165, 1.54) is 5.69 Å². The maximum Gasteiger partial charge on any atom is 0.350 e. The summed E-state index contributed by atoms with van der Waals surface area (Å²) in [4.78, 5) is 19.1. The molecule has 3 heterocycles. The molecule has 6 nitrogen and oxygen atoms in total. The number of aryl methyl sites for hydroxylation is 1. The van der Waals surface area contributed by atoms with Crippen molar-refractivity contribution in [1.82, 2.24) is 19.2 Å². The molecule has 174 valence electrons. The molecule has 1 atom stereocenters. The van der Waals surface area contributed by atoms with Gasteiger partial charge in [0.15, 0.2) is 0 Å². The van der Waals surface area contributed by atoms with E-state index < -0.39 is 0 Å². The quantitative estimate of drug-likeness (QED) is 0.509. The Morgan fingerprint density at radius 3 is 2.61 bits per heavy atom. The van der Waals surface area contributed by atoms with Gasteiger partial charge in [0.1, 0.15) is 5.82 Å². The highest BCUT2D eigenvalue weighted by molar-refractivity contribution is 8.00. The highest BCUT2D eigenvalue weighted by Gasteiger charge is 2.24. The summed E-state index contributed by atoms with van der Waals surface area (Å²) in [5.41, 5.74) is 2.01. The fourth-order valence-electron chi connectivity index (χ4n) is 4.60. The Bertz CT molecular complexity index is 1200. The van der Waals surface area contributed by atoms with Gasteiger partial charge in [0.2, 0.25) is 0 Å². The molecular weight excluding hydrogens is 477 g/mol. The standard InChI is InChI=1S/C24H27Cl2N5OS/c1-17-14-23-27-30(24(32)31(23)21-7-6-19(26)16-22(21)33-17)9-3-8-28-10-12-29(13-11-28)20-5-2-4-18(25)15-20/h2,4-7,15-17H,3,8-14H2,1H3. The Kier molecular flexibility index (Phi) is 6.74. The van der Waals surface area contributed by atoms with Crippen molar-refractivity contribution in [3.8, 4) is 5.69 Å². The van der Waals surface area contributed by atoms with E-state index in [1.807, 2.05) is 36.4 Å². The van der Waals surface area contributed by atoms with Gasteiger partial charge in [-0.15, -0.1) is 11.8 Å². The second-order valence-electron chi connectivity index (χ2n) is 8.66. The molecule has 33 heavy (non-hydrogen) atoms. The van der Waals surface area contributed by atoms with Crippen LogP contribution in [0.15, 0.2) is 52.2 Å². The summed E-state index contributed by atoms with van der Waals surface area (Å²) in [7, 11) is 0. The molecule has 2 aliphatic rings. The van der Waals surface area contributed by atoms with Crippen molar-refractivity contribution in [2.75, 3.05) is 37.6 Å². The van der Waals surface area contributed by atoms with E-state index in [1.54, 1.807) is 21.0 Å². The number of nitrogens with zero attached hydrogens (tertiary/aromatic N) is 5. The fraction of sp³-hybridized carbons (Fsp3) is 0.417. The molecule has 1 saturated heterocycles. The minimum Gasteiger partial charge on any atom is -0.369 e. The van der Waals surface area contributed by atoms with Crippen LogP contribution in [0.4, 0.5) is 5.69 Å². The third-order valence-electron chi connectivity index (χ3n) is 6.26. The Hall–Kier alpha value is -1.93. The largest absolute Gasteiger partial charge is 0.369 e. The summed E-state index contributed by atoms with van der Waals surface area (Å²) in [6.45, 7) is 7.71. The van der Waals surface area contributed by atoms with E-state index in [-0.39, 0.29) is 5.69 Å². The van der Waals surface area contributed by atoms with Gasteiger partial charge in [-0.25, -0.2) is 14.0 Å². The number of rotatable bonds is 5. The number of benzene rings is 2. The van der Waals surface area contributed by atoms with Crippen LogP contribution < -0.4 is 10.6 Å². The third kappa shape index (κ3) is 4.97. The van der Waals surface area contributed by atoms with Crippen molar-refractivity contribution < 1.29 is 0 Å². The molecule has 0 saturated carbocycles. The normalized spacial score (nSPS) is 18.6. The third-order valence-corrected chi connectivity index (χ3v) is 7.88. The van der Waals surface area contributed by atoms with Crippen LogP contribution in [-0.4, -0.2) is 57.2 Å². The lowest BCUT2D eigenvalue weighted by Gasteiger charge is -2.36. The molecule has 0 bridgehead atoms. The highest BCUT2D eigenvalue weighted by Crippen LogP contribution is 2.35. The number of fused-ring (bicyclic) bond motifs is 3. The molecule has 0 aliphatic carbocycles. The predicted octanol–water partition coefficient (Wildman–Crippen LogP) is 4.59. The van der Waals surface area contributed by atoms with Crippen molar-refractivity contribution in [3.05, 3.63) is 68.8 Å². The van der Waals surface area contributed by atoms with Crippen LogP contribution in [0.5, 0.6) is 0 Å². The first-order chi connectivity index (χ1) is 16.0. The van der Waals surface area contributed by atoms with Crippen LogP contribution in [0, 0.1) is 0 Å². The topological polar surface area (TPSA) is 46.3 Å². The molecule has 3 aromatic rings. The SMILES string of the molecule is CC1Cc2nn(CCCN3CCN(c4cccc(Cl)c4)CC3)c(=O)n2-c2ccc(Cl)cc2S1. The lowest BCUT2D eigenvalue weighted by atomic mass is 10.2. The van der Waals surface area contributed by atoms with Crippen molar-refractivity contribution in [1.29, 1.82) is 0 Å². The summed E-state index contributed by atoms with van der Waals surface area (Å²) >= 11 is 14.1. The van der Waals surface area contributed by atoms with Crippen molar-refractivity contribution in [2.24, 2.45) is 0 Å². The number of hydrogen-bond acceptors (Lipinski definition) is 5. The molecule has 1 aromatic heterocycles. The maximum absolute atomic E-state index is 13.2. The van der Waals surface area contributed by atoms with Crippen LogP contribution in [0.3, 0.4) is 0 Å². The zero-order valence-corrected chi connectivity index (χ0v) is 20.9. The lowest BCUT2D eigenvalue weighted by molar-refractivity contribution is 0.248. The Balaban J connectivity index is 1.22. The summed E-state index contributed by atoms with van der Waals surface area (Å²) in [5.74, 6) is 0.830. The molecule has 2 aliphatic heterocycles. The first kappa shape index (κ1) is 22.8. The number of piperazine rings is 1. The molecule has 9 heteroatoms.